The SMILES string of the molecule is CCCCN1C(=O)[C@@H]([C@H](O)C(CC)CC)NC(=O)C12CCN(Cc1ccc(Oc3ccc(C(=O)NC(C)C)cc3OC)cc1)CC2. The smallest absolute Gasteiger partial charge is 0.251 e. The van der Waals surface area contributed by atoms with Gasteiger partial charge in [-0.2, -0.15) is 0 Å². The number of likely N-dealkylation sites (tertiary alicyclic amines) is 1. The van der Waals surface area contributed by atoms with Crippen molar-refractivity contribution in [3.8, 4) is 17.2 Å². The topological polar surface area (TPSA) is 120 Å². The predicted molar refractivity (Wildman–Crippen MR) is 178 cm³/mol. The molecule has 2 aliphatic rings. The van der Waals surface area contributed by atoms with Crippen LogP contribution >= 0.6 is 0 Å². The minimum absolute atomic E-state index is 0.0299. The Balaban J connectivity index is 1.39. The monoisotopic (exact) mass is 636 g/mol. The number of ether oxygens (including phenoxy) is 2. The number of nitrogens with zero attached hydrogens (tertiary/aromatic N) is 2. The van der Waals surface area contributed by atoms with Crippen LogP contribution in [0.1, 0.15) is 89.1 Å². The van der Waals surface area contributed by atoms with E-state index in [0.717, 1.165) is 31.2 Å². The van der Waals surface area contributed by atoms with Crippen LogP contribution in [0.15, 0.2) is 42.5 Å². The van der Waals surface area contributed by atoms with Crippen molar-refractivity contribution >= 4 is 17.7 Å². The molecule has 3 amide bonds. The zero-order valence-electron chi connectivity index (χ0n) is 28.3. The molecule has 2 saturated heterocycles. The first kappa shape index (κ1) is 35.2. The number of nitrogens with one attached hydrogen (secondary N) is 2. The van der Waals surface area contributed by atoms with Crippen LogP contribution in [0.4, 0.5) is 0 Å². The number of carbonyl (C=O) groups is 3. The molecule has 4 rings (SSSR count). The third-order valence-electron chi connectivity index (χ3n) is 9.45. The molecule has 10 nitrogen and oxygen atoms in total. The fourth-order valence-corrected chi connectivity index (χ4v) is 6.62. The molecule has 2 fully saturated rings. The number of hydrogen-bond acceptors (Lipinski definition) is 7. The van der Waals surface area contributed by atoms with Crippen LogP contribution in [0.2, 0.25) is 0 Å². The Labute approximate surface area is 273 Å². The number of aliphatic hydroxyl groups excluding tert-OH is 1. The van der Waals surface area contributed by atoms with E-state index in [2.05, 4.69) is 22.5 Å². The van der Waals surface area contributed by atoms with Crippen molar-refractivity contribution in [1.82, 2.24) is 20.4 Å². The maximum atomic E-state index is 13.8. The number of methoxy groups -OCH3 is 1. The van der Waals surface area contributed by atoms with Gasteiger partial charge in [-0.25, -0.2) is 0 Å². The number of hydrogen-bond donors (Lipinski definition) is 3. The first-order valence-electron chi connectivity index (χ1n) is 16.8. The second kappa shape index (κ2) is 15.8. The van der Waals surface area contributed by atoms with E-state index in [1.807, 2.05) is 52.0 Å². The summed E-state index contributed by atoms with van der Waals surface area (Å²) in [5.74, 6) is 1.13. The van der Waals surface area contributed by atoms with E-state index in [4.69, 9.17) is 9.47 Å². The lowest BCUT2D eigenvalue weighted by atomic mass is 9.79. The normalized spacial score (nSPS) is 19.0. The second-order valence-corrected chi connectivity index (χ2v) is 12.9. The van der Waals surface area contributed by atoms with Crippen LogP contribution in [-0.4, -0.2) is 83.1 Å². The highest BCUT2D eigenvalue weighted by molar-refractivity contribution is 6.00. The number of piperidine rings is 1. The van der Waals surface area contributed by atoms with Crippen molar-refractivity contribution in [3.63, 3.8) is 0 Å². The molecule has 252 valence electrons. The van der Waals surface area contributed by atoms with E-state index in [1.165, 1.54) is 0 Å². The van der Waals surface area contributed by atoms with E-state index < -0.39 is 17.7 Å². The van der Waals surface area contributed by atoms with Crippen molar-refractivity contribution in [2.45, 2.75) is 103 Å². The molecule has 2 heterocycles. The van der Waals surface area contributed by atoms with Gasteiger partial charge >= 0.3 is 0 Å². The summed E-state index contributed by atoms with van der Waals surface area (Å²) in [6, 6.07) is 12.1. The van der Waals surface area contributed by atoms with Crippen LogP contribution in [0, 0.1) is 5.92 Å². The van der Waals surface area contributed by atoms with Crippen LogP contribution < -0.4 is 20.1 Å². The first-order valence-corrected chi connectivity index (χ1v) is 16.8. The van der Waals surface area contributed by atoms with E-state index >= 15 is 0 Å². The van der Waals surface area contributed by atoms with Gasteiger partial charge < -0.3 is 30.1 Å². The van der Waals surface area contributed by atoms with Gasteiger partial charge in [-0.3, -0.25) is 19.3 Å². The quantitative estimate of drug-likeness (QED) is 0.270. The number of unbranched alkanes of at least 4 members (excludes halogenated alkanes) is 1. The van der Waals surface area contributed by atoms with Gasteiger partial charge in [0.2, 0.25) is 11.8 Å². The summed E-state index contributed by atoms with van der Waals surface area (Å²) in [6.45, 7) is 12.5. The van der Waals surface area contributed by atoms with Gasteiger partial charge in [0.25, 0.3) is 5.91 Å². The largest absolute Gasteiger partial charge is 0.493 e. The molecule has 0 radical (unpaired) electrons. The van der Waals surface area contributed by atoms with Gasteiger partial charge in [0.15, 0.2) is 11.5 Å². The Morgan fingerprint density at radius 2 is 1.72 bits per heavy atom. The third-order valence-corrected chi connectivity index (χ3v) is 9.45. The summed E-state index contributed by atoms with van der Waals surface area (Å²) in [6.07, 6.45) is 3.44. The Morgan fingerprint density at radius 3 is 2.30 bits per heavy atom. The standard InChI is InChI=1S/C36H52N4O6/c1-7-10-19-40-34(43)31(32(41)26(8-2)9-3)38-35(44)36(40)17-20-39(21-18-36)23-25-11-14-28(15-12-25)46-29-16-13-27(22-30(29)45-6)33(42)37-24(4)5/h11-16,22,24,26,31-32,41H,7-10,17-21,23H2,1-6H3,(H,37,42)(H,38,44)/t31-,32-/m1/s1. The molecule has 46 heavy (non-hydrogen) atoms. The third kappa shape index (κ3) is 7.83. The molecule has 2 atom stereocenters. The molecule has 10 heteroatoms. The van der Waals surface area contributed by atoms with E-state index in [9.17, 15) is 19.5 Å². The lowest BCUT2D eigenvalue weighted by Crippen LogP contribution is -2.75. The Kier molecular flexibility index (Phi) is 12.1. The highest BCUT2D eigenvalue weighted by Gasteiger charge is 2.55. The van der Waals surface area contributed by atoms with Crippen molar-refractivity contribution in [2.24, 2.45) is 5.92 Å². The van der Waals surface area contributed by atoms with Crippen molar-refractivity contribution in [1.29, 1.82) is 0 Å². The molecule has 0 bridgehead atoms. The minimum Gasteiger partial charge on any atom is -0.493 e. The molecule has 3 N–H and O–H groups in total. The molecule has 2 aromatic carbocycles. The molecule has 0 aromatic heterocycles. The zero-order valence-corrected chi connectivity index (χ0v) is 28.3. The minimum atomic E-state index is -0.892. The fraction of sp³-hybridized carbons (Fsp3) is 0.583. The lowest BCUT2D eigenvalue weighted by Gasteiger charge is -2.52. The van der Waals surface area contributed by atoms with Crippen LogP contribution in [0.5, 0.6) is 17.2 Å². The summed E-state index contributed by atoms with van der Waals surface area (Å²) < 4.78 is 11.6. The molecule has 2 aromatic rings. The van der Waals surface area contributed by atoms with E-state index in [-0.39, 0.29) is 29.7 Å². The van der Waals surface area contributed by atoms with Crippen molar-refractivity contribution in [3.05, 3.63) is 53.6 Å². The maximum Gasteiger partial charge on any atom is 0.251 e. The van der Waals surface area contributed by atoms with E-state index in [0.29, 0.717) is 61.8 Å². The van der Waals surface area contributed by atoms with E-state index in [1.54, 1.807) is 30.2 Å². The average molecular weight is 637 g/mol. The molecular formula is C36H52N4O6. The van der Waals surface area contributed by atoms with Gasteiger partial charge in [0, 0.05) is 37.8 Å². The van der Waals surface area contributed by atoms with Crippen LogP contribution in [-0.2, 0) is 16.1 Å². The fourth-order valence-electron chi connectivity index (χ4n) is 6.62. The highest BCUT2D eigenvalue weighted by atomic mass is 16.5. The molecule has 1 spiro atoms. The Hall–Kier alpha value is -3.63. The van der Waals surface area contributed by atoms with Crippen molar-refractivity contribution in [2.75, 3.05) is 26.7 Å². The number of aliphatic hydroxyl groups is 1. The molecule has 0 aliphatic carbocycles. The number of piperazine rings is 1. The molecule has 0 saturated carbocycles. The average Bonchev–Trinajstić information content (AvgIpc) is 3.05. The highest BCUT2D eigenvalue weighted by Crippen LogP contribution is 2.36. The predicted octanol–water partition coefficient (Wildman–Crippen LogP) is 4.88. The zero-order chi connectivity index (χ0) is 33.4. The van der Waals surface area contributed by atoms with Gasteiger partial charge in [-0.05, 0) is 74.9 Å². The summed E-state index contributed by atoms with van der Waals surface area (Å²) in [5, 5.41) is 16.9. The summed E-state index contributed by atoms with van der Waals surface area (Å²) in [4.78, 5) is 44.0. The molecule has 2 aliphatic heterocycles. The first-order chi connectivity index (χ1) is 22.1. The van der Waals surface area contributed by atoms with Gasteiger partial charge in [0.1, 0.15) is 17.3 Å². The maximum absolute atomic E-state index is 13.8. The molecular weight excluding hydrogens is 584 g/mol. The number of amides is 3. The van der Waals surface area contributed by atoms with Crippen molar-refractivity contribution < 1.29 is 29.0 Å². The Bertz CT molecular complexity index is 1330. The number of carbonyl (C=O) groups excluding carboxylic acids is 3. The summed E-state index contributed by atoms with van der Waals surface area (Å²) >= 11 is 0. The Morgan fingerprint density at radius 1 is 1.04 bits per heavy atom. The van der Waals surface area contributed by atoms with Gasteiger partial charge in [0.05, 0.1) is 13.2 Å². The molecule has 0 unspecified atom stereocenters. The van der Waals surface area contributed by atoms with Gasteiger partial charge in [-0.15, -0.1) is 0 Å². The number of benzene rings is 2. The summed E-state index contributed by atoms with van der Waals surface area (Å²) in [7, 11) is 1.55. The van der Waals surface area contributed by atoms with Crippen LogP contribution in [0.3, 0.4) is 0 Å². The van der Waals surface area contributed by atoms with Gasteiger partial charge in [-0.1, -0.05) is 52.2 Å². The summed E-state index contributed by atoms with van der Waals surface area (Å²) in [5.41, 5.74) is 0.727. The second-order valence-electron chi connectivity index (χ2n) is 12.9. The number of rotatable bonds is 14. The lowest BCUT2D eigenvalue weighted by molar-refractivity contribution is -0.165. The van der Waals surface area contributed by atoms with Crippen LogP contribution in [0.25, 0.3) is 0 Å².